The summed E-state index contributed by atoms with van der Waals surface area (Å²) >= 11 is 0. The minimum absolute atomic E-state index is 0.129. The predicted molar refractivity (Wildman–Crippen MR) is 52.8 cm³/mol. The molecule has 0 amide bonds. The number of aromatic carboxylic acids is 1. The van der Waals surface area contributed by atoms with E-state index in [0.29, 0.717) is 0 Å². The Labute approximate surface area is 94.5 Å². The molecule has 4 nitrogen and oxygen atoms in total. The number of aryl methyl sites for hydroxylation is 1. The molecule has 0 spiro atoms. The van der Waals surface area contributed by atoms with Gasteiger partial charge in [0.25, 0.3) is 0 Å². The van der Waals surface area contributed by atoms with Gasteiger partial charge in [0.2, 0.25) is 0 Å². The fourth-order valence-electron chi connectivity index (χ4n) is 1.38. The number of nitrogens with two attached hydrogens (primary N) is 1. The van der Waals surface area contributed by atoms with Gasteiger partial charge in [0.1, 0.15) is 11.8 Å². The second-order valence-corrected chi connectivity index (χ2v) is 3.52. The minimum atomic E-state index is -4.82. The van der Waals surface area contributed by atoms with E-state index in [2.05, 4.69) is 0 Å². The third-order valence-electron chi connectivity index (χ3n) is 2.31. The summed E-state index contributed by atoms with van der Waals surface area (Å²) in [7, 11) is 0. The highest BCUT2D eigenvalue weighted by Gasteiger charge is 2.41. The third-order valence-corrected chi connectivity index (χ3v) is 2.31. The van der Waals surface area contributed by atoms with Gasteiger partial charge in [-0.1, -0.05) is 6.07 Å². The average Bonchev–Trinajstić information content (AvgIpc) is 2.19. The lowest BCUT2D eigenvalue weighted by atomic mass is 9.96. The SMILES string of the molecule is Cc1ccc(C(=O)O)c([C@@H](N)C(F)(F)F)c1O. The van der Waals surface area contributed by atoms with Crippen LogP contribution in [-0.4, -0.2) is 22.4 Å². The van der Waals surface area contributed by atoms with E-state index in [1.54, 1.807) is 0 Å². The Hall–Kier alpha value is -1.76. The first kappa shape index (κ1) is 13.3. The molecule has 1 aromatic carbocycles. The number of phenolic OH excluding ortho intramolecular Hbond substituents is 1. The van der Waals surface area contributed by atoms with Crippen LogP contribution in [0.1, 0.15) is 27.5 Å². The summed E-state index contributed by atoms with van der Waals surface area (Å²) in [5.74, 6) is -2.32. The molecule has 1 rings (SSSR count). The van der Waals surface area contributed by atoms with Crippen molar-refractivity contribution in [1.29, 1.82) is 0 Å². The number of rotatable bonds is 2. The molecule has 0 aliphatic carbocycles. The van der Waals surface area contributed by atoms with Crippen LogP contribution in [0.25, 0.3) is 0 Å². The highest BCUT2D eigenvalue weighted by atomic mass is 19.4. The van der Waals surface area contributed by atoms with Gasteiger partial charge in [-0.2, -0.15) is 13.2 Å². The lowest BCUT2D eigenvalue weighted by Gasteiger charge is -2.19. The van der Waals surface area contributed by atoms with E-state index < -0.39 is 35.1 Å². The van der Waals surface area contributed by atoms with Crippen molar-refractivity contribution < 1.29 is 28.2 Å². The molecule has 1 aromatic rings. The van der Waals surface area contributed by atoms with Crippen LogP contribution in [0, 0.1) is 6.92 Å². The molecule has 0 unspecified atom stereocenters. The maximum Gasteiger partial charge on any atom is 0.407 e. The maximum atomic E-state index is 12.5. The average molecular weight is 249 g/mol. The largest absolute Gasteiger partial charge is 0.507 e. The van der Waals surface area contributed by atoms with Crippen molar-refractivity contribution in [3.63, 3.8) is 0 Å². The number of carboxylic acids is 1. The van der Waals surface area contributed by atoms with Crippen molar-refractivity contribution in [2.45, 2.75) is 19.1 Å². The Morgan fingerprint density at radius 1 is 1.41 bits per heavy atom. The third kappa shape index (κ3) is 2.50. The van der Waals surface area contributed by atoms with E-state index in [4.69, 9.17) is 10.8 Å². The highest BCUT2D eigenvalue weighted by molar-refractivity contribution is 5.90. The van der Waals surface area contributed by atoms with Crippen LogP contribution in [0.4, 0.5) is 13.2 Å². The number of halogens is 3. The summed E-state index contributed by atoms with van der Waals surface area (Å²) in [6.45, 7) is 1.35. The molecule has 17 heavy (non-hydrogen) atoms. The van der Waals surface area contributed by atoms with Crippen LogP contribution in [-0.2, 0) is 0 Å². The fourth-order valence-corrected chi connectivity index (χ4v) is 1.38. The van der Waals surface area contributed by atoms with E-state index in [1.165, 1.54) is 13.0 Å². The van der Waals surface area contributed by atoms with Crippen LogP contribution < -0.4 is 5.73 Å². The van der Waals surface area contributed by atoms with Crippen LogP contribution in [0.2, 0.25) is 0 Å². The highest BCUT2D eigenvalue weighted by Crippen LogP contribution is 2.38. The number of alkyl halides is 3. The van der Waals surface area contributed by atoms with Gasteiger partial charge in [0.05, 0.1) is 5.56 Å². The molecule has 0 bridgehead atoms. The summed E-state index contributed by atoms with van der Waals surface area (Å²) in [5, 5.41) is 18.3. The van der Waals surface area contributed by atoms with Crippen molar-refractivity contribution in [2.75, 3.05) is 0 Å². The molecule has 1 atom stereocenters. The van der Waals surface area contributed by atoms with Crippen LogP contribution in [0.15, 0.2) is 12.1 Å². The Morgan fingerprint density at radius 3 is 2.35 bits per heavy atom. The van der Waals surface area contributed by atoms with Gasteiger partial charge >= 0.3 is 12.1 Å². The zero-order valence-electron chi connectivity index (χ0n) is 8.75. The first-order chi connectivity index (χ1) is 7.66. The normalized spacial score (nSPS) is 13.5. The molecule has 0 aliphatic rings. The van der Waals surface area contributed by atoms with Gasteiger partial charge in [-0.15, -0.1) is 0 Å². The van der Waals surface area contributed by atoms with E-state index in [1.807, 2.05) is 0 Å². The first-order valence-electron chi connectivity index (χ1n) is 4.54. The smallest absolute Gasteiger partial charge is 0.407 e. The van der Waals surface area contributed by atoms with Crippen molar-refractivity contribution >= 4 is 5.97 Å². The van der Waals surface area contributed by atoms with Crippen LogP contribution in [0.5, 0.6) is 5.75 Å². The second-order valence-electron chi connectivity index (χ2n) is 3.52. The molecule has 0 fully saturated rings. The van der Waals surface area contributed by atoms with Crippen LogP contribution >= 0.6 is 0 Å². The molecule has 0 heterocycles. The Balaban J connectivity index is 3.49. The Bertz CT molecular complexity index is 457. The molecule has 7 heteroatoms. The van der Waals surface area contributed by atoms with Gasteiger partial charge < -0.3 is 15.9 Å². The van der Waals surface area contributed by atoms with E-state index in [-0.39, 0.29) is 5.56 Å². The number of phenols is 1. The van der Waals surface area contributed by atoms with E-state index >= 15 is 0 Å². The summed E-state index contributed by atoms with van der Waals surface area (Å²) < 4.78 is 37.4. The number of carbonyl (C=O) groups is 1. The van der Waals surface area contributed by atoms with Crippen molar-refractivity contribution in [3.05, 3.63) is 28.8 Å². The van der Waals surface area contributed by atoms with E-state index in [9.17, 15) is 23.1 Å². The molecule has 0 radical (unpaired) electrons. The number of aromatic hydroxyl groups is 1. The van der Waals surface area contributed by atoms with Gasteiger partial charge in [-0.3, -0.25) is 0 Å². The fraction of sp³-hybridized carbons (Fsp3) is 0.300. The lowest BCUT2D eigenvalue weighted by molar-refractivity contribution is -0.149. The zero-order chi connectivity index (χ0) is 13.4. The predicted octanol–water partition coefficient (Wildman–Crippen LogP) is 1.96. The van der Waals surface area contributed by atoms with Crippen molar-refractivity contribution in [1.82, 2.24) is 0 Å². The summed E-state index contributed by atoms with van der Waals surface area (Å²) in [6.07, 6.45) is -4.82. The maximum absolute atomic E-state index is 12.5. The molecular weight excluding hydrogens is 239 g/mol. The molecule has 0 aliphatic heterocycles. The van der Waals surface area contributed by atoms with Gasteiger partial charge in [-0.05, 0) is 18.6 Å². The summed E-state index contributed by atoms with van der Waals surface area (Å²) in [6, 6.07) is -0.336. The zero-order valence-corrected chi connectivity index (χ0v) is 8.75. The molecule has 0 aromatic heterocycles. The number of hydrogen-bond donors (Lipinski definition) is 3. The molecule has 0 saturated carbocycles. The topological polar surface area (TPSA) is 83.5 Å². The Kier molecular flexibility index (Phi) is 3.33. The molecular formula is C10H10F3NO3. The molecule has 0 saturated heterocycles. The quantitative estimate of drug-likeness (QED) is 0.748. The van der Waals surface area contributed by atoms with Gasteiger partial charge in [0, 0.05) is 5.56 Å². The summed E-state index contributed by atoms with van der Waals surface area (Å²) in [5.41, 5.74) is 3.59. The molecule has 4 N–H and O–H groups in total. The summed E-state index contributed by atoms with van der Waals surface area (Å²) in [4.78, 5) is 10.8. The van der Waals surface area contributed by atoms with E-state index in [0.717, 1.165) is 6.07 Å². The Morgan fingerprint density at radius 2 is 1.94 bits per heavy atom. The van der Waals surface area contributed by atoms with Crippen molar-refractivity contribution in [3.8, 4) is 5.75 Å². The van der Waals surface area contributed by atoms with Crippen molar-refractivity contribution in [2.24, 2.45) is 5.73 Å². The van der Waals surface area contributed by atoms with Crippen LogP contribution in [0.3, 0.4) is 0 Å². The van der Waals surface area contributed by atoms with Gasteiger partial charge in [0.15, 0.2) is 0 Å². The second kappa shape index (κ2) is 4.25. The van der Waals surface area contributed by atoms with Gasteiger partial charge in [-0.25, -0.2) is 4.79 Å². The number of hydrogen-bond acceptors (Lipinski definition) is 3. The molecule has 94 valence electrons. The number of benzene rings is 1. The minimum Gasteiger partial charge on any atom is -0.507 e. The standard InChI is InChI=1S/C10H10F3NO3/c1-4-2-3-5(9(16)17)6(7(4)15)8(14)10(11,12)13/h2-3,8,15H,14H2,1H3,(H,16,17)/t8-/m1/s1. The monoisotopic (exact) mass is 249 g/mol. The first-order valence-corrected chi connectivity index (χ1v) is 4.54. The number of carboxylic acid groups (broad SMARTS) is 1. The lowest BCUT2D eigenvalue weighted by Crippen LogP contribution is -2.30.